The van der Waals surface area contributed by atoms with Gasteiger partial charge in [0.05, 0.1) is 0 Å². The second-order valence-corrected chi connectivity index (χ2v) is 5.94. The third kappa shape index (κ3) is 3.28. The molecule has 1 aromatic rings. The van der Waals surface area contributed by atoms with Crippen LogP contribution < -0.4 is 0 Å². The summed E-state index contributed by atoms with van der Waals surface area (Å²) in [6.45, 7) is 6.60. The minimum absolute atomic E-state index is 0.258. The minimum atomic E-state index is 0.258. The first-order chi connectivity index (χ1) is 8.99. The number of likely N-dealkylation sites (tertiary alicyclic amines) is 1. The van der Waals surface area contributed by atoms with Crippen LogP contribution in [0.1, 0.15) is 36.9 Å². The zero-order valence-corrected chi connectivity index (χ0v) is 12.6. The van der Waals surface area contributed by atoms with Crippen molar-refractivity contribution in [2.24, 2.45) is 0 Å². The van der Waals surface area contributed by atoms with E-state index in [2.05, 4.69) is 43.8 Å². The van der Waals surface area contributed by atoms with Crippen molar-refractivity contribution in [2.45, 2.75) is 38.8 Å². The number of hydrogen-bond acceptors (Lipinski definition) is 3. The summed E-state index contributed by atoms with van der Waals surface area (Å²) in [5.74, 6) is 0.415. The van der Waals surface area contributed by atoms with Gasteiger partial charge in [0.1, 0.15) is 5.75 Å². The quantitative estimate of drug-likeness (QED) is 0.907. The van der Waals surface area contributed by atoms with Gasteiger partial charge in [-0.25, -0.2) is 0 Å². The summed E-state index contributed by atoms with van der Waals surface area (Å²) >= 11 is 0. The van der Waals surface area contributed by atoms with Crippen molar-refractivity contribution in [3.63, 3.8) is 0 Å². The number of rotatable bonds is 3. The molecule has 1 aliphatic rings. The van der Waals surface area contributed by atoms with E-state index in [1.807, 2.05) is 12.1 Å². The Morgan fingerprint density at radius 2 is 1.95 bits per heavy atom. The smallest absolute Gasteiger partial charge is 0.120 e. The lowest BCUT2D eigenvalue weighted by Gasteiger charge is -2.38. The van der Waals surface area contributed by atoms with Crippen molar-refractivity contribution in [1.82, 2.24) is 9.80 Å². The third-order valence-corrected chi connectivity index (χ3v) is 4.51. The number of hydrogen-bond donors (Lipinski definition) is 1. The molecule has 2 rings (SSSR count). The summed E-state index contributed by atoms with van der Waals surface area (Å²) in [6, 6.07) is 6.75. The van der Waals surface area contributed by atoms with Crippen LogP contribution in [0, 0.1) is 6.92 Å². The van der Waals surface area contributed by atoms with Gasteiger partial charge in [0.15, 0.2) is 0 Å². The summed E-state index contributed by atoms with van der Waals surface area (Å²) < 4.78 is 0. The van der Waals surface area contributed by atoms with E-state index in [9.17, 15) is 5.11 Å². The molecular weight excluding hydrogens is 236 g/mol. The summed E-state index contributed by atoms with van der Waals surface area (Å²) in [7, 11) is 4.37. The van der Waals surface area contributed by atoms with Crippen molar-refractivity contribution in [1.29, 1.82) is 0 Å². The number of nitrogens with zero attached hydrogens (tertiary/aromatic N) is 2. The molecule has 0 amide bonds. The molecule has 0 radical (unpaired) electrons. The van der Waals surface area contributed by atoms with E-state index in [0.29, 0.717) is 11.8 Å². The van der Waals surface area contributed by atoms with E-state index >= 15 is 0 Å². The van der Waals surface area contributed by atoms with Crippen molar-refractivity contribution in [3.8, 4) is 5.75 Å². The molecule has 0 bridgehead atoms. The topological polar surface area (TPSA) is 26.7 Å². The number of benzene rings is 1. The second-order valence-electron chi connectivity index (χ2n) is 5.94. The highest BCUT2D eigenvalue weighted by Gasteiger charge is 2.25. The standard InChI is InChI=1S/C16H26N2O/c1-12-5-6-16(19)15(11-12)13(2)18(4)14-7-9-17(3)10-8-14/h5-6,11,13-14,19H,7-10H2,1-4H3. The van der Waals surface area contributed by atoms with Crippen molar-refractivity contribution >= 4 is 0 Å². The zero-order chi connectivity index (χ0) is 14.0. The molecule has 1 atom stereocenters. The molecule has 1 unspecified atom stereocenters. The first kappa shape index (κ1) is 14.4. The first-order valence-corrected chi connectivity index (χ1v) is 7.19. The van der Waals surface area contributed by atoms with E-state index < -0.39 is 0 Å². The second kappa shape index (κ2) is 5.93. The first-order valence-electron chi connectivity index (χ1n) is 7.19. The summed E-state index contributed by atoms with van der Waals surface area (Å²) in [5.41, 5.74) is 2.25. The Morgan fingerprint density at radius 3 is 2.58 bits per heavy atom. The lowest BCUT2D eigenvalue weighted by molar-refractivity contribution is 0.112. The molecule has 0 aromatic heterocycles. The van der Waals surface area contributed by atoms with Crippen LogP contribution in [0.3, 0.4) is 0 Å². The van der Waals surface area contributed by atoms with Gasteiger partial charge in [0.25, 0.3) is 0 Å². The molecule has 0 spiro atoms. The van der Waals surface area contributed by atoms with Crippen LogP contribution in [0.5, 0.6) is 5.75 Å². The zero-order valence-electron chi connectivity index (χ0n) is 12.6. The van der Waals surface area contributed by atoms with Gasteiger partial charge >= 0.3 is 0 Å². The van der Waals surface area contributed by atoms with Gasteiger partial charge in [-0.1, -0.05) is 17.7 Å². The van der Waals surface area contributed by atoms with Crippen LogP contribution in [0.4, 0.5) is 0 Å². The Labute approximate surface area is 116 Å². The van der Waals surface area contributed by atoms with Crippen molar-refractivity contribution < 1.29 is 5.11 Å². The van der Waals surface area contributed by atoms with E-state index in [-0.39, 0.29) is 6.04 Å². The van der Waals surface area contributed by atoms with Gasteiger partial charge in [-0.2, -0.15) is 0 Å². The lowest BCUT2D eigenvalue weighted by Crippen LogP contribution is -2.42. The number of aryl methyl sites for hydroxylation is 1. The molecule has 1 aromatic carbocycles. The number of piperidine rings is 1. The fraction of sp³-hybridized carbons (Fsp3) is 0.625. The maximum absolute atomic E-state index is 10.1. The maximum atomic E-state index is 10.1. The van der Waals surface area contributed by atoms with Gasteiger partial charge in [-0.05, 0) is 59.9 Å². The van der Waals surface area contributed by atoms with Gasteiger partial charge in [-0.15, -0.1) is 0 Å². The van der Waals surface area contributed by atoms with Crippen molar-refractivity contribution in [2.75, 3.05) is 27.2 Å². The molecule has 1 N–H and O–H groups in total. The summed E-state index contributed by atoms with van der Waals surface area (Å²) in [6.07, 6.45) is 2.42. The van der Waals surface area contributed by atoms with Crippen LogP contribution in [0.25, 0.3) is 0 Å². The number of phenols is 1. The Bertz CT molecular complexity index is 425. The van der Waals surface area contributed by atoms with E-state index in [1.54, 1.807) is 0 Å². The van der Waals surface area contributed by atoms with Crippen LogP contribution in [0.15, 0.2) is 18.2 Å². The highest BCUT2D eigenvalue weighted by atomic mass is 16.3. The predicted octanol–water partition coefficient (Wildman–Crippen LogP) is 2.79. The van der Waals surface area contributed by atoms with Crippen LogP contribution >= 0.6 is 0 Å². The van der Waals surface area contributed by atoms with E-state index in [1.165, 1.54) is 31.5 Å². The summed E-state index contributed by atoms with van der Waals surface area (Å²) in [5, 5.41) is 10.1. The van der Waals surface area contributed by atoms with Gasteiger partial charge < -0.3 is 10.0 Å². The molecule has 1 saturated heterocycles. The van der Waals surface area contributed by atoms with Crippen molar-refractivity contribution in [3.05, 3.63) is 29.3 Å². The predicted molar refractivity (Wildman–Crippen MR) is 79.5 cm³/mol. The Morgan fingerprint density at radius 1 is 1.32 bits per heavy atom. The van der Waals surface area contributed by atoms with E-state index in [0.717, 1.165) is 5.56 Å². The molecule has 19 heavy (non-hydrogen) atoms. The molecular formula is C16H26N2O. The fourth-order valence-corrected chi connectivity index (χ4v) is 2.95. The summed E-state index contributed by atoms with van der Waals surface area (Å²) in [4.78, 5) is 4.81. The molecule has 3 heteroatoms. The molecule has 1 heterocycles. The largest absolute Gasteiger partial charge is 0.508 e. The Hall–Kier alpha value is -1.06. The SMILES string of the molecule is Cc1ccc(O)c(C(C)N(C)C2CCN(C)CC2)c1. The maximum Gasteiger partial charge on any atom is 0.120 e. The molecule has 1 aliphatic heterocycles. The highest BCUT2D eigenvalue weighted by molar-refractivity contribution is 5.37. The molecule has 0 saturated carbocycles. The van der Waals surface area contributed by atoms with Crippen LogP contribution in [-0.2, 0) is 0 Å². The Kier molecular flexibility index (Phi) is 4.48. The number of aromatic hydroxyl groups is 1. The highest BCUT2D eigenvalue weighted by Crippen LogP contribution is 2.31. The van der Waals surface area contributed by atoms with E-state index in [4.69, 9.17) is 0 Å². The van der Waals surface area contributed by atoms with Gasteiger partial charge in [0, 0.05) is 17.6 Å². The van der Waals surface area contributed by atoms with Crippen LogP contribution in [-0.4, -0.2) is 48.1 Å². The lowest BCUT2D eigenvalue weighted by atomic mass is 9.98. The molecule has 0 aliphatic carbocycles. The average molecular weight is 262 g/mol. The van der Waals surface area contributed by atoms with Gasteiger partial charge in [0.2, 0.25) is 0 Å². The average Bonchev–Trinajstić information content (AvgIpc) is 2.41. The molecule has 106 valence electrons. The Balaban J connectivity index is 2.10. The fourth-order valence-electron chi connectivity index (χ4n) is 2.95. The number of phenolic OH excluding ortho intramolecular Hbond substituents is 1. The van der Waals surface area contributed by atoms with Crippen LogP contribution in [0.2, 0.25) is 0 Å². The third-order valence-electron chi connectivity index (χ3n) is 4.51. The molecule has 1 fully saturated rings. The normalized spacial score (nSPS) is 19.8. The minimum Gasteiger partial charge on any atom is -0.508 e. The monoisotopic (exact) mass is 262 g/mol. The molecule has 3 nitrogen and oxygen atoms in total. The van der Waals surface area contributed by atoms with Gasteiger partial charge in [-0.3, -0.25) is 4.90 Å².